The van der Waals surface area contributed by atoms with Gasteiger partial charge in [0.2, 0.25) is 10.0 Å². The third kappa shape index (κ3) is 3.19. The van der Waals surface area contributed by atoms with E-state index < -0.39 is 14.9 Å². The summed E-state index contributed by atoms with van der Waals surface area (Å²) < 4.78 is 26.9. The molecule has 0 amide bonds. The maximum absolute atomic E-state index is 12.8. The van der Waals surface area contributed by atoms with Crippen molar-refractivity contribution in [3.63, 3.8) is 0 Å². The highest BCUT2D eigenvalue weighted by molar-refractivity contribution is 7.92. The Hall–Kier alpha value is -2.41. The number of nitro benzene ring substituents is 1. The third-order valence-corrected chi connectivity index (χ3v) is 5.62. The summed E-state index contributed by atoms with van der Waals surface area (Å²) in [5.74, 6) is -0.247. The van der Waals surface area contributed by atoms with Crippen molar-refractivity contribution in [2.24, 2.45) is 0 Å². The molecule has 0 spiro atoms. The van der Waals surface area contributed by atoms with E-state index in [1.54, 1.807) is 12.1 Å². The number of sulfonamides is 1. The molecule has 1 aliphatic heterocycles. The van der Waals surface area contributed by atoms with Gasteiger partial charge in [-0.3, -0.25) is 14.4 Å². The second-order valence-electron chi connectivity index (χ2n) is 5.49. The van der Waals surface area contributed by atoms with Crippen LogP contribution in [-0.2, 0) is 22.2 Å². The molecule has 2 aromatic carbocycles. The van der Waals surface area contributed by atoms with Crippen LogP contribution >= 0.6 is 0 Å². The Morgan fingerprint density at radius 3 is 2.70 bits per heavy atom. The number of hydrogen-bond donors (Lipinski definition) is 0. The maximum atomic E-state index is 12.8. The van der Waals surface area contributed by atoms with Crippen LogP contribution in [0, 0.1) is 10.1 Å². The summed E-state index contributed by atoms with van der Waals surface area (Å²) in [6.45, 7) is 0.439. The van der Waals surface area contributed by atoms with Gasteiger partial charge in [0.1, 0.15) is 0 Å². The van der Waals surface area contributed by atoms with Gasteiger partial charge in [-0.15, -0.1) is 0 Å². The molecule has 0 fully saturated rings. The first-order valence-corrected chi connectivity index (χ1v) is 8.90. The Labute approximate surface area is 134 Å². The van der Waals surface area contributed by atoms with E-state index >= 15 is 0 Å². The molecule has 0 N–H and O–H groups in total. The third-order valence-electron chi connectivity index (χ3n) is 3.87. The summed E-state index contributed by atoms with van der Waals surface area (Å²) in [5, 5.41) is 10.8. The minimum Gasteiger partial charge on any atom is -0.270 e. The Bertz CT molecular complexity index is 849. The van der Waals surface area contributed by atoms with Gasteiger partial charge < -0.3 is 0 Å². The lowest BCUT2D eigenvalue weighted by Gasteiger charge is -2.30. The normalized spacial score (nSPS) is 14.3. The quantitative estimate of drug-likeness (QED) is 0.637. The predicted molar refractivity (Wildman–Crippen MR) is 87.8 cm³/mol. The lowest BCUT2D eigenvalue weighted by molar-refractivity contribution is -0.384. The first-order valence-electron chi connectivity index (χ1n) is 7.29. The number of nitro groups is 1. The van der Waals surface area contributed by atoms with E-state index in [2.05, 4.69) is 0 Å². The molecule has 0 aliphatic carbocycles. The van der Waals surface area contributed by atoms with E-state index in [0.29, 0.717) is 17.8 Å². The van der Waals surface area contributed by atoms with Crippen LogP contribution in [0.15, 0.2) is 48.5 Å². The molecule has 0 saturated carbocycles. The molecule has 2 aromatic rings. The molecule has 0 aromatic heterocycles. The average molecular weight is 332 g/mol. The topological polar surface area (TPSA) is 80.5 Å². The number of fused-ring (bicyclic) bond motifs is 1. The van der Waals surface area contributed by atoms with Crippen molar-refractivity contribution >= 4 is 21.4 Å². The van der Waals surface area contributed by atoms with Gasteiger partial charge in [0.15, 0.2) is 0 Å². The largest absolute Gasteiger partial charge is 0.270 e. The number of non-ortho nitro benzene ring substituents is 1. The summed E-state index contributed by atoms with van der Waals surface area (Å²) in [5.41, 5.74) is 2.05. The fourth-order valence-corrected chi connectivity index (χ4v) is 4.48. The van der Waals surface area contributed by atoms with Gasteiger partial charge in [-0.25, -0.2) is 8.42 Å². The highest BCUT2D eigenvalue weighted by Gasteiger charge is 2.27. The van der Waals surface area contributed by atoms with E-state index in [-0.39, 0.29) is 11.4 Å². The number of para-hydroxylation sites is 1. The molecule has 0 bridgehead atoms. The zero-order valence-corrected chi connectivity index (χ0v) is 13.2. The van der Waals surface area contributed by atoms with E-state index in [1.165, 1.54) is 22.5 Å². The molecule has 23 heavy (non-hydrogen) atoms. The van der Waals surface area contributed by atoms with Gasteiger partial charge in [-0.2, -0.15) is 0 Å². The second-order valence-corrected chi connectivity index (χ2v) is 7.38. The molecule has 0 unspecified atom stereocenters. The minimum absolute atomic E-state index is 0.100. The first kappa shape index (κ1) is 15.5. The first-order chi connectivity index (χ1) is 11.0. The summed E-state index contributed by atoms with van der Waals surface area (Å²) in [6, 6.07) is 13.2. The van der Waals surface area contributed by atoms with Gasteiger partial charge in [-0.05, 0) is 30.0 Å². The Morgan fingerprint density at radius 1 is 1.13 bits per heavy atom. The van der Waals surface area contributed by atoms with E-state index in [4.69, 9.17) is 0 Å². The summed E-state index contributed by atoms with van der Waals surface area (Å²) in [6.07, 6.45) is 1.63. The monoisotopic (exact) mass is 332 g/mol. The highest BCUT2D eigenvalue weighted by atomic mass is 32.2. The number of anilines is 1. The lowest BCUT2D eigenvalue weighted by atomic mass is 10.0. The predicted octanol–water partition coefficient (Wildman–Crippen LogP) is 2.88. The zero-order valence-electron chi connectivity index (χ0n) is 12.4. The van der Waals surface area contributed by atoms with Crippen LogP contribution in [-0.4, -0.2) is 19.9 Å². The van der Waals surface area contributed by atoms with E-state index in [9.17, 15) is 18.5 Å². The van der Waals surface area contributed by atoms with Crippen LogP contribution in [0.25, 0.3) is 0 Å². The fourth-order valence-electron chi connectivity index (χ4n) is 2.84. The minimum atomic E-state index is -3.58. The van der Waals surface area contributed by atoms with Crippen molar-refractivity contribution in [3.8, 4) is 0 Å². The molecule has 6 nitrogen and oxygen atoms in total. The molecule has 120 valence electrons. The SMILES string of the molecule is O=[N+]([O-])c1cccc(CS(=O)(=O)N2CCCc3ccccc32)c1. The standard InChI is InChI=1S/C16H16N2O4S/c19-18(20)15-8-3-5-13(11-15)12-23(21,22)17-10-4-7-14-6-1-2-9-16(14)17/h1-3,5-6,8-9,11H,4,7,10,12H2. The highest BCUT2D eigenvalue weighted by Crippen LogP contribution is 2.30. The smallest absolute Gasteiger partial charge is 0.269 e. The molecule has 3 rings (SSSR count). The summed E-state index contributed by atoms with van der Waals surface area (Å²) in [7, 11) is -3.58. The number of aryl methyl sites for hydroxylation is 1. The lowest BCUT2D eigenvalue weighted by Crippen LogP contribution is -2.36. The van der Waals surface area contributed by atoms with Crippen molar-refractivity contribution in [1.29, 1.82) is 0 Å². The van der Waals surface area contributed by atoms with Crippen molar-refractivity contribution in [1.82, 2.24) is 0 Å². The maximum Gasteiger partial charge on any atom is 0.269 e. The van der Waals surface area contributed by atoms with Gasteiger partial charge in [0.05, 0.1) is 16.4 Å². The van der Waals surface area contributed by atoms with E-state index in [0.717, 1.165) is 18.4 Å². The van der Waals surface area contributed by atoms with Gasteiger partial charge in [-0.1, -0.05) is 30.3 Å². The van der Waals surface area contributed by atoms with Crippen molar-refractivity contribution < 1.29 is 13.3 Å². The Balaban J connectivity index is 1.91. The van der Waals surface area contributed by atoms with Gasteiger partial charge in [0.25, 0.3) is 5.69 Å². The Kier molecular flexibility index (Phi) is 4.04. The van der Waals surface area contributed by atoms with Crippen LogP contribution in [0.4, 0.5) is 11.4 Å². The summed E-state index contributed by atoms with van der Waals surface area (Å²) in [4.78, 5) is 10.3. The van der Waals surface area contributed by atoms with Gasteiger partial charge >= 0.3 is 0 Å². The molecule has 0 atom stereocenters. The molecule has 0 radical (unpaired) electrons. The van der Waals surface area contributed by atoms with Crippen LogP contribution < -0.4 is 4.31 Å². The van der Waals surface area contributed by atoms with Crippen LogP contribution in [0.5, 0.6) is 0 Å². The number of benzene rings is 2. The van der Waals surface area contributed by atoms with Crippen LogP contribution in [0.2, 0.25) is 0 Å². The summed E-state index contributed by atoms with van der Waals surface area (Å²) >= 11 is 0. The molecule has 0 saturated heterocycles. The average Bonchev–Trinajstić information content (AvgIpc) is 2.54. The number of rotatable bonds is 4. The second kappa shape index (κ2) is 6.00. The zero-order chi connectivity index (χ0) is 16.4. The Morgan fingerprint density at radius 2 is 1.91 bits per heavy atom. The molecule has 1 aliphatic rings. The van der Waals surface area contributed by atoms with Gasteiger partial charge in [0, 0.05) is 18.7 Å². The van der Waals surface area contributed by atoms with Crippen molar-refractivity contribution in [2.75, 3.05) is 10.8 Å². The number of hydrogen-bond acceptors (Lipinski definition) is 4. The molecule has 1 heterocycles. The fraction of sp³-hybridized carbons (Fsp3) is 0.250. The van der Waals surface area contributed by atoms with Crippen molar-refractivity contribution in [2.45, 2.75) is 18.6 Å². The molecular weight excluding hydrogens is 316 g/mol. The number of nitrogens with zero attached hydrogens (tertiary/aromatic N) is 2. The van der Waals surface area contributed by atoms with E-state index in [1.807, 2.05) is 18.2 Å². The van der Waals surface area contributed by atoms with Crippen molar-refractivity contribution in [3.05, 3.63) is 69.8 Å². The molecule has 7 heteroatoms. The molecular formula is C16H16N2O4S. The van der Waals surface area contributed by atoms with Crippen LogP contribution in [0.1, 0.15) is 17.5 Å². The van der Waals surface area contributed by atoms with Crippen LogP contribution in [0.3, 0.4) is 0 Å².